The molecule has 0 unspecified atom stereocenters. The van der Waals surface area contributed by atoms with Crippen molar-refractivity contribution in [3.63, 3.8) is 0 Å². The minimum atomic E-state index is -3.47. The predicted molar refractivity (Wildman–Crippen MR) is 317 cm³/mol. The van der Waals surface area contributed by atoms with E-state index in [-0.39, 0.29) is 32.4 Å². The van der Waals surface area contributed by atoms with E-state index in [1.165, 1.54) is 44.6 Å². The number of aliphatic hydroxyl groups is 1. The first-order valence-electron chi connectivity index (χ1n) is 23.8. The number of nitrogens with one attached hydrogen (secondary N) is 1. The second-order valence-electron chi connectivity index (χ2n) is 17.1. The lowest BCUT2D eigenvalue weighted by molar-refractivity contribution is -0.151. The number of halogens is 4. The molecule has 0 aliphatic carbocycles. The number of esters is 2. The molecule has 0 saturated carbocycles. The van der Waals surface area contributed by atoms with Crippen LogP contribution in [-0.4, -0.2) is 174 Å². The summed E-state index contributed by atoms with van der Waals surface area (Å²) in [6.07, 6.45) is 5.63. The number of sulfone groups is 4. The summed E-state index contributed by atoms with van der Waals surface area (Å²) in [5, 5.41) is 26.4. The molecule has 462 valence electrons. The number of benzene rings is 4. The van der Waals surface area contributed by atoms with Gasteiger partial charge in [0.2, 0.25) is 9.23 Å². The lowest BCUT2D eigenvalue weighted by Crippen LogP contribution is -2.47. The van der Waals surface area contributed by atoms with Crippen molar-refractivity contribution in [1.29, 1.82) is 0 Å². The van der Waals surface area contributed by atoms with E-state index >= 15 is 0 Å². The van der Waals surface area contributed by atoms with Crippen molar-refractivity contribution in [2.24, 2.45) is 0 Å². The van der Waals surface area contributed by atoms with Crippen LogP contribution in [0.3, 0.4) is 0 Å². The average molecular weight is 1420 g/mol. The topological polar surface area (TPSA) is 341 Å². The van der Waals surface area contributed by atoms with Crippen molar-refractivity contribution in [3.8, 4) is 0 Å². The van der Waals surface area contributed by atoms with E-state index in [9.17, 15) is 52.8 Å². The molecule has 0 spiro atoms. The van der Waals surface area contributed by atoms with Crippen molar-refractivity contribution in [1.82, 2.24) is 5.48 Å². The van der Waals surface area contributed by atoms with Gasteiger partial charge in [0.15, 0.2) is 39.3 Å². The quantitative estimate of drug-likeness (QED) is 0.0252. The zero-order valence-corrected chi connectivity index (χ0v) is 54.6. The highest BCUT2D eigenvalue weighted by Gasteiger charge is 2.46. The van der Waals surface area contributed by atoms with Gasteiger partial charge in [-0.2, -0.15) is 0 Å². The summed E-state index contributed by atoms with van der Waals surface area (Å²) >= 11 is 6.48. The number of carboxylic acids is 1. The fraction of sp³-hybridized carbons (Fsp3) is 0.451. The maximum atomic E-state index is 12.3. The molecule has 2 aliphatic heterocycles. The Morgan fingerprint density at radius 2 is 0.890 bits per heavy atom. The molecule has 2 aliphatic rings. The van der Waals surface area contributed by atoms with E-state index in [0.29, 0.717) is 74.4 Å². The second kappa shape index (κ2) is 38.9. The van der Waals surface area contributed by atoms with Gasteiger partial charge in [-0.05, 0) is 72.2 Å². The molecule has 2 fully saturated rings. The molecular formula is C51H69Br2Cl2NO21S5. The van der Waals surface area contributed by atoms with Gasteiger partial charge in [-0.15, -0.1) is 0 Å². The van der Waals surface area contributed by atoms with Crippen LogP contribution >= 0.6 is 53.2 Å². The van der Waals surface area contributed by atoms with Crippen LogP contribution in [0.1, 0.15) is 47.9 Å². The van der Waals surface area contributed by atoms with Crippen LogP contribution in [0.5, 0.6) is 0 Å². The van der Waals surface area contributed by atoms with Gasteiger partial charge >= 0.3 is 17.9 Å². The summed E-state index contributed by atoms with van der Waals surface area (Å²) < 4.78 is 127. The number of hydrogen-bond acceptors (Lipinski definition) is 20. The Morgan fingerprint density at radius 1 is 0.573 bits per heavy atom. The summed E-state index contributed by atoms with van der Waals surface area (Å²) in [4.78, 5) is 46.5. The first-order chi connectivity index (χ1) is 38.3. The smallest absolute Gasteiger partial charge is 0.316 e. The van der Waals surface area contributed by atoms with Crippen LogP contribution < -0.4 is 5.48 Å². The number of hydroxylamine groups is 1. The molecule has 4 aromatic rings. The standard InChI is InChI=1S/C14H18O5S.C13H17NO5S.C10H12O4S.C9H10O4S.C4H8Br2O.CH4O.Cl2OS/c1-18-13(15)14(7-9-19-10-8-14)11-5-3-4-6-12(11)20(2,16)17;1-20(17,18)11-5-3-2-4-10(11)13(12(15)14-16)6-8-19-9-7-13;1-14-10(11)7-8-5-3-4-6-9(8)15(2,12)13;1-14(12,13)8-5-3-2-4-7(8)6-9(10)11;5-1-3-7-4-2-6;1-2;1-4(2)3/h3-6H,7-10H2,1-2H3;2-5,16H,6-9H2,1H3,(H,14,15);3-6H,7H2,1-2H3;2-5H,6H2,1H3,(H,10,11);1-4H2;2H,1H3;. The van der Waals surface area contributed by atoms with Gasteiger partial charge in [-0.3, -0.25) is 24.4 Å². The van der Waals surface area contributed by atoms with Crippen molar-refractivity contribution in [3.05, 3.63) is 119 Å². The van der Waals surface area contributed by atoms with E-state index in [1.54, 1.807) is 72.2 Å². The molecule has 0 bridgehead atoms. The van der Waals surface area contributed by atoms with Crippen LogP contribution in [0.4, 0.5) is 0 Å². The Bertz CT molecular complexity index is 3020. The van der Waals surface area contributed by atoms with E-state index in [4.69, 9.17) is 38.6 Å². The second-order valence-corrected chi connectivity index (χ2v) is 29.2. The van der Waals surface area contributed by atoms with Crippen LogP contribution in [-0.2, 0) is 115 Å². The number of rotatable bonds is 16. The van der Waals surface area contributed by atoms with Gasteiger partial charge in [-0.1, -0.05) is 105 Å². The van der Waals surface area contributed by atoms with Crippen LogP contribution in [0.15, 0.2) is 117 Å². The van der Waals surface area contributed by atoms with Gasteiger partial charge in [0.25, 0.3) is 5.91 Å². The van der Waals surface area contributed by atoms with Crippen LogP contribution in [0, 0.1) is 0 Å². The first kappa shape index (κ1) is 78.0. The van der Waals surface area contributed by atoms with E-state index < -0.39 is 83.2 Å². The van der Waals surface area contributed by atoms with E-state index in [2.05, 4.69) is 58.0 Å². The zero-order chi connectivity index (χ0) is 63.0. The molecule has 4 N–H and O–H groups in total. The van der Waals surface area contributed by atoms with Crippen LogP contribution in [0.2, 0.25) is 0 Å². The number of aliphatic carboxylic acids is 1. The van der Waals surface area contributed by atoms with Gasteiger partial charge in [-0.25, -0.2) is 43.4 Å². The molecule has 4 aromatic carbocycles. The highest BCUT2D eigenvalue weighted by Crippen LogP contribution is 2.40. The summed E-state index contributed by atoms with van der Waals surface area (Å²) in [6, 6.07) is 25.5. The largest absolute Gasteiger partial charge is 0.481 e. The molecule has 22 nitrogen and oxygen atoms in total. The molecule has 82 heavy (non-hydrogen) atoms. The number of methoxy groups -OCH3 is 2. The van der Waals surface area contributed by atoms with Crippen molar-refractivity contribution < 1.29 is 96.2 Å². The fourth-order valence-electron chi connectivity index (χ4n) is 7.94. The third-order valence-electron chi connectivity index (χ3n) is 11.5. The first-order valence-corrected chi connectivity index (χ1v) is 36.5. The monoisotopic (exact) mass is 1420 g/mol. The number of alkyl halides is 2. The maximum absolute atomic E-state index is 12.3. The third kappa shape index (κ3) is 27.0. The van der Waals surface area contributed by atoms with E-state index in [1.807, 2.05) is 0 Å². The molecule has 31 heteroatoms. The minimum Gasteiger partial charge on any atom is -0.481 e. The molecule has 0 radical (unpaired) electrons. The number of carboxylic acid groups (broad SMARTS) is 1. The number of carbonyl (C=O) groups is 4. The fourth-order valence-corrected chi connectivity index (χ4v) is 12.3. The molecule has 1 amide bonds. The Morgan fingerprint density at radius 3 is 1.21 bits per heavy atom. The van der Waals surface area contributed by atoms with Crippen LogP contribution in [0.25, 0.3) is 0 Å². The molecule has 2 heterocycles. The molecule has 2 saturated heterocycles. The average Bonchev–Trinajstić information content (AvgIpc) is 3.44. The van der Waals surface area contributed by atoms with Gasteiger partial charge in [0.1, 0.15) is 0 Å². The minimum absolute atomic E-state index is 0.0280. The van der Waals surface area contributed by atoms with Crippen molar-refractivity contribution in [2.45, 2.75) is 68.9 Å². The number of ether oxygens (including phenoxy) is 5. The number of aliphatic hydroxyl groups excluding tert-OH is 1. The Kier molecular flexibility index (Phi) is 37.0. The van der Waals surface area contributed by atoms with E-state index in [0.717, 1.165) is 56.0 Å². The summed E-state index contributed by atoms with van der Waals surface area (Å²) in [5.41, 5.74) is 1.36. The summed E-state index contributed by atoms with van der Waals surface area (Å²) in [7, 11) is -2.56. The Hall–Kier alpha value is -3.95. The summed E-state index contributed by atoms with van der Waals surface area (Å²) in [6.45, 7) is 3.12. The predicted octanol–water partition coefficient (Wildman–Crippen LogP) is 5.92. The lowest BCUT2D eigenvalue weighted by atomic mass is 9.73. The number of amides is 1. The van der Waals surface area contributed by atoms with Crippen molar-refractivity contribution >= 4 is 126 Å². The molecule has 0 aromatic heterocycles. The highest BCUT2D eigenvalue weighted by molar-refractivity contribution is 9.09. The maximum Gasteiger partial charge on any atom is 0.316 e. The third-order valence-corrected chi connectivity index (χ3v) is 16.9. The molecule has 0 atom stereocenters. The normalized spacial score (nSPS) is 14.3. The van der Waals surface area contributed by atoms with Gasteiger partial charge < -0.3 is 33.9 Å². The zero-order valence-electron chi connectivity index (χ0n) is 45.9. The van der Waals surface area contributed by atoms with Gasteiger partial charge in [0, 0.05) is 90.6 Å². The summed E-state index contributed by atoms with van der Waals surface area (Å²) in [5.74, 6) is -2.50. The van der Waals surface area contributed by atoms with Gasteiger partial charge in [0.05, 0.1) is 70.7 Å². The lowest BCUT2D eigenvalue weighted by Gasteiger charge is -2.36. The Labute approximate surface area is 508 Å². The number of carbonyl (C=O) groups excluding carboxylic acids is 3. The molecular weight excluding hydrogens is 1350 g/mol. The highest BCUT2D eigenvalue weighted by atomic mass is 79.9. The number of hydrogen-bond donors (Lipinski definition) is 4. The Balaban J connectivity index is 0.00000100. The molecule has 6 rings (SSSR count). The SMILES string of the molecule is BrCCOCCBr.CO.COC(=O)C1(c2ccccc2S(C)(=O)=O)CCOCC1.COC(=O)Cc1ccccc1S(C)(=O)=O.CS(=O)(=O)c1ccccc1C1(C(=O)NO)CCOCC1.CS(=O)(=O)c1ccccc1CC(=O)O.O=S(Cl)Cl. The van der Waals surface area contributed by atoms with Crippen molar-refractivity contribution in [2.75, 3.05) is 96.7 Å².